The largest absolute Gasteiger partial charge is 0.372 e. The Labute approximate surface area is 153 Å². The van der Waals surface area contributed by atoms with E-state index in [1.54, 1.807) is 0 Å². The summed E-state index contributed by atoms with van der Waals surface area (Å²) < 4.78 is 0. The van der Waals surface area contributed by atoms with Gasteiger partial charge in [-0.2, -0.15) is 0 Å². The second kappa shape index (κ2) is 7.20. The maximum absolute atomic E-state index is 12.3. The van der Waals surface area contributed by atoms with Gasteiger partial charge in [0.25, 0.3) is 0 Å². The first-order valence-electron chi connectivity index (χ1n) is 9.21. The summed E-state index contributed by atoms with van der Waals surface area (Å²) in [5.41, 5.74) is 4.03. The Bertz CT molecular complexity index is 810. The quantitative estimate of drug-likeness (QED) is 0.872. The molecule has 2 aliphatic rings. The van der Waals surface area contributed by atoms with E-state index >= 15 is 0 Å². The minimum Gasteiger partial charge on any atom is -0.372 e. The van der Waals surface area contributed by atoms with Gasteiger partial charge in [0.1, 0.15) is 0 Å². The van der Waals surface area contributed by atoms with Gasteiger partial charge in [0, 0.05) is 37.4 Å². The number of hydrogen-bond acceptors (Lipinski definition) is 3. The van der Waals surface area contributed by atoms with Crippen LogP contribution in [0.4, 0.5) is 11.4 Å². The van der Waals surface area contributed by atoms with E-state index in [-0.39, 0.29) is 18.2 Å². The van der Waals surface area contributed by atoms with E-state index in [9.17, 15) is 9.59 Å². The van der Waals surface area contributed by atoms with Gasteiger partial charge in [0.05, 0.1) is 5.92 Å². The normalized spacial score (nSPS) is 18.5. The average Bonchev–Trinajstić information content (AvgIpc) is 3.29. The summed E-state index contributed by atoms with van der Waals surface area (Å²) in [5, 5.41) is 5.77. The summed E-state index contributed by atoms with van der Waals surface area (Å²) in [5.74, 6) is -0.606. The van der Waals surface area contributed by atoms with Gasteiger partial charge in [-0.15, -0.1) is 0 Å². The van der Waals surface area contributed by atoms with E-state index in [0.717, 1.165) is 29.9 Å². The molecular weight excluding hydrogens is 326 g/mol. The summed E-state index contributed by atoms with van der Waals surface area (Å²) >= 11 is 0. The van der Waals surface area contributed by atoms with Crippen LogP contribution in [0.2, 0.25) is 0 Å². The Morgan fingerprint density at radius 1 is 1.08 bits per heavy atom. The molecule has 26 heavy (non-hydrogen) atoms. The van der Waals surface area contributed by atoms with Gasteiger partial charge in [-0.3, -0.25) is 9.59 Å². The predicted molar refractivity (Wildman–Crippen MR) is 102 cm³/mol. The van der Waals surface area contributed by atoms with Crippen molar-refractivity contribution in [3.63, 3.8) is 0 Å². The van der Waals surface area contributed by atoms with Crippen molar-refractivity contribution in [1.29, 1.82) is 0 Å². The Morgan fingerprint density at radius 2 is 1.81 bits per heavy atom. The molecule has 2 aromatic rings. The number of para-hydroxylation sites is 1. The molecule has 1 atom stereocenters. The fourth-order valence-electron chi connectivity index (χ4n) is 3.74. The zero-order valence-electron chi connectivity index (χ0n) is 14.7. The number of rotatable bonds is 5. The average molecular weight is 349 g/mol. The van der Waals surface area contributed by atoms with Crippen LogP contribution in [0.5, 0.6) is 0 Å². The first kappa shape index (κ1) is 16.6. The van der Waals surface area contributed by atoms with Crippen molar-refractivity contribution in [1.82, 2.24) is 5.32 Å². The highest BCUT2D eigenvalue weighted by Gasteiger charge is 2.31. The van der Waals surface area contributed by atoms with Gasteiger partial charge in [0.2, 0.25) is 11.8 Å². The molecular formula is C21H23N3O2. The lowest BCUT2D eigenvalue weighted by Gasteiger charge is -2.17. The van der Waals surface area contributed by atoms with Gasteiger partial charge >= 0.3 is 0 Å². The molecule has 0 unspecified atom stereocenters. The summed E-state index contributed by atoms with van der Waals surface area (Å²) in [4.78, 5) is 26.8. The van der Waals surface area contributed by atoms with Crippen LogP contribution in [0, 0.1) is 0 Å². The van der Waals surface area contributed by atoms with E-state index in [2.05, 4.69) is 39.8 Å². The maximum Gasteiger partial charge on any atom is 0.232 e. The highest BCUT2D eigenvalue weighted by atomic mass is 16.2. The highest BCUT2D eigenvalue weighted by molar-refractivity contribution is 6.04. The lowest BCUT2D eigenvalue weighted by molar-refractivity contribution is -0.125. The van der Waals surface area contributed by atoms with Crippen LogP contribution in [0.1, 0.15) is 36.3 Å². The van der Waals surface area contributed by atoms with E-state index < -0.39 is 5.92 Å². The Morgan fingerprint density at radius 3 is 2.58 bits per heavy atom. The molecule has 0 saturated carbocycles. The summed E-state index contributed by atoms with van der Waals surface area (Å²) in [7, 11) is 0. The third-order valence-electron chi connectivity index (χ3n) is 5.20. The molecule has 134 valence electrons. The Balaban J connectivity index is 1.32. The smallest absolute Gasteiger partial charge is 0.232 e. The van der Waals surface area contributed by atoms with Crippen LogP contribution < -0.4 is 15.5 Å². The van der Waals surface area contributed by atoms with Gasteiger partial charge in [0.15, 0.2) is 0 Å². The number of nitrogens with one attached hydrogen (secondary N) is 2. The van der Waals surface area contributed by atoms with Gasteiger partial charge < -0.3 is 15.5 Å². The van der Waals surface area contributed by atoms with Crippen LogP contribution in [-0.4, -0.2) is 24.9 Å². The molecule has 0 aliphatic carbocycles. The number of nitrogens with zero attached hydrogens (tertiary/aromatic N) is 1. The summed E-state index contributed by atoms with van der Waals surface area (Å²) in [6, 6.07) is 15.9. The SMILES string of the molecule is O=C(C[C@@H]1C(=O)Nc2ccccc21)NCc1ccc(N2CCCC2)cc1. The van der Waals surface area contributed by atoms with Crippen LogP contribution in [-0.2, 0) is 16.1 Å². The fourth-order valence-corrected chi connectivity index (χ4v) is 3.74. The molecule has 0 bridgehead atoms. The van der Waals surface area contributed by atoms with Crippen molar-refractivity contribution in [3.8, 4) is 0 Å². The van der Waals surface area contributed by atoms with Crippen molar-refractivity contribution in [2.45, 2.75) is 31.7 Å². The van der Waals surface area contributed by atoms with Crippen molar-refractivity contribution >= 4 is 23.2 Å². The monoisotopic (exact) mass is 349 g/mol. The van der Waals surface area contributed by atoms with Crippen LogP contribution >= 0.6 is 0 Å². The first-order valence-corrected chi connectivity index (χ1v) is 9.21. The van der Waals surface area contributed by atoms with Crippen LogP contribution in [0.15, 0.2) is 48.5 Å². The highest BCUT2D eigenvalue weighted by Crippen LogP contribution is 2.34. The summed E-state index contributed by atoms with van der Waals surface area (Å²) in [6.07, 6.45) is 2.69. The third kappa shape index (κ3) is 3.43. The van der Waals surface area contributed by atoms with Gasteiger partial charge in [-0.1, -0.05) is 30.3 Å². The van der Waals surface area contributed by atoms with Gasteiger partial charge in [-0.25, -0.2) is 0 Å². The second-order valence-corrected chi connectivity index (χ2v) is 6.97. The fraction of sp³-hybridized carbons (Fsp3) is 0.333. The van der Waals surface area contributed by atoms with E-state index in [0.29, 0.717) is 6.54 Å². The first-order chi connectivity index (χ1) is 12.7. The molecule has 4 rings (SSSR count). The van der Waals surface area contributed by atoms with E-state index in [1.165, 1.54) is 18.5 Å². The van der Waals surface area contributed by atoms with Crippen molar-refractivity contribution < 1.29 is 9.59 Å². The standard InChI is InChI=1S/C21H23N3O2/c25-20(13-18-17-5-1-2-6-19(17)23-21(18)26)22-14-15-7-9-16(10-8-15)24-11-3-4-12-24/h1-2,5-10,18H,3-4,11-14H2,(H,22,25)(H,23,26)/t18-/m0/s1. The number of amides is 2. The molecule has 2 aromatic carbocycles. The molecule has 1 fully saturated rings. The Kier molecular flexibility index (Phi) is 4.61. The number of benzene rings is 2. The number of hydrogen-bond donors (Lipinski definition) is 2. The zero-order valence-corrected chi connectivity index (χ0v) is 14.7. The topological polar surface area (TPSA) is 61.4 Å². The molecule has 2 amide bonds. The zero-order chi connectivity index (χ0) is 17.9. The van der Waals surface area contributed by atoms with Crippen LogP contribution in [0.25, 0.3) is 0 Å². The molecule has 0 radical (unpaired) electrons. The number of fused-ring (bicyclic) bond motifs is 1. The predicted octanol–water partition coefficient (Wildman–Crippen LogP) is 3.03. The van der Waals surface area contributed by atoms with E-state index in [4.69, 9.17) is 0 Å². The molecule has 0 aromatic heterocycles. The number of carbonyl (C=O) groups is 2. The minimum absolute atomic E-state index is 0.101. The van der Waals surface area contributed by atoms with Crippen molar-refractivity contribution in [3.05, 3.63) is 59.7 Å². The maximum atomic E-state index is 12.3. The molecule has 5 nitrogen and oxygen atoms in total. The van der Waals surface area contributed by atoms with Gasteiger partial charge in [-0.05, 0) is 42.2 Å². The van der Waals surface area contributed by atoms with Crippen molar-refractivity contribution in [2.75, 3.05) is 23.3 Å². The molecule has 2 aliphatic heterocycles. The number of anilines is 2. The number of carbonyl (C=O) groups excluding carboxylic acids is 2. The molecule has 2 N–H and O–H groups in total. The van der Waals surface area contributed by atoms with E-state index in [1.807, 2.05) is 24.3 Å². The minimum atomic E-state index is -0.399. The summed E-state index contributed by atoms with van der Waals surface area (Å²) in [6.45, 7) is 2.73. The van der Waals surface area contributed by atoms with Crippen molar-refractivity contribution in [2.24, 2.45) is 0 Å². The molecule has 2 heterocycles. The lowest BCUT2D eigenvalue weighted by Crippen LogP contribution is -2.26. The second-order valence-electron chi connectivity index (χ2n) is 6.97. The molecule has 1 saturated heterocycles. The Hall–Kier alpha value is -2.82. The van der Waals surface area contributed by atoms with Crippen LogP contribution in [0.3, 0.4) is 0 Å². The molecule has 0 spiro atoms. The lowest BCUT2D eigenvalue weighted by atomic mass is 9.97. The third-order valence-corrected chi connectivity index (χ3v) is 5.20. The molecule has 5 heteroatoms.